The molecule has 2 N–H and O–H groups in total. The van der Waals surface area contributed by atoms with E-state index >= 15 is 0 Å². The molecule has 0 bridgehead atoms. The van der Waals surface area contributed by atoms with Gasteiger partial charge in [0.05, 0.1) is 6.04 Å². The molecule has 0 spiro atoms. The number of carbonyl (C=O) groups excluding carboxylic acids is 1. The second-order valence-electron chi connectivity index (χ2n) is 5.22. The lowest BCUT2D eigenvalue weighted by Crippen LogP contribution is -2.52. The monoisotopic (exact) mass is 304 g/mol. The summed E-state index contributed by atoms with van der Waals surface area (Å²) in [4.78, 5) is 12.1. The van der Waals surface area contributed by atoms with Crippen LogP contribution in [0.4, 0.5) is 17.6 Å². The number of hydrogen-bond donors (Lipinski definition) is 2. The van der Waals surface area contributed by atoms with E-state index in [2.05, 4.69) is 10.6 Å². The predicted octanol–water partition coefficient (Wildman–Crippen LogP) is 2.54. The third kappa shape index (κ3) is 2.88. The average molecular weight is 304 g/mol. The minimum atomic E-state index is -4.64. The standard InChI is InChI=1S/C14H16F4N2O/c1-9(10-4-2-3-5-11(10)15)20-12(21)13(14(16,17)18)6-7-19-8-13/h2-5,9,19H,6-8H2,1H3,(H,20,21)/t9-,13?/m1/s1. The van der Waals surface area contributed by atoms with E-state index < -0.39 is 35.9 Å². The van der Waals surface area contributed by atoms with Gasteiger partial charge in [-0.25, -0.2) is 4.39 Å². The third-order valence-corrected chi connectivity index (χ3v) is 3.85. The van der Waals surface area contributed by atoms with Crippen LogP contribution in [0.15, 0.2) is 24.3 Å². The van der Waals surface area contributed by atoms with Gasteiger partial charge in [0.15, 0.2) is 5.41 Å². The largest absolute Gasteiger partial charge is 0.404 e. The van der Waals surface area contributed by atoms with E-state index in [0.29, 0.717) is 0 Å². The molecular formula is C14H16F4N2O. The van der Waals surface area contributed by atoms with Gasteiger partial charge in [0.2, 0.25) is 5.91 Å². The van der Waals surface area contributed by atoms with Gasteiger partial charge in [0, 0.05) is 12.1 Å². The van der Waals surface area contributed by atoms with Gasteiger partial charge in [0.1, 0.15) is 5.82 Å². The van der Waals surface area contributed by atoms with Crippen LogP contribution in [0.25, 0.3) is 0 Å². The number of carbonyl (C=O) groups is 1. The van der Waals surface area contributed by atoms with Crippen LogP contribution in [0.1, 0.15) is 24.9 Å². The summed E-state index contributed by atoms with van der Waals surface area (Å²) in [6.07, 6.45) is -4.96. The van der Waals surface area contributed by atoms with Crippen LogP contribution in [0.2, 0.25) is 0 Å². The van der Waals surface area contributed by atoms with Crippen LogP contribution >= 0.6 is 0 Å². The van der Waals surface area contributed by atoms with Crippen molar-refractivity contribution in [2.45, 2.75) is 25.6 Å². The Morgan fingerprint density at radius 1 is 1.38 bits per heavy atom. The second kappa shape index (κ2) is 5.63. The molecule has 1 aromatic rings. The molecule has 116 valence electrons. The SMILES string of the molecule is C[C@@H](NC(=O)C1(C(F)(F)F)CCNC1)c1ccccc1F. The first-order chi connectivity index (χ1) is 9.78. The van der Waals surface area contributed by atoms with Crippen molar-refractivity contribution in [1.29, 1.82) is 0 Å². The quantitative estimate of drug-likeness (QED) is 0.843. The molecule has 1 fully saturated rings. The molecule has 0 radical (unpaired) electrons. The van der Waals surface area contributed by atoms with Gasteiger partial charge in [-0.1, -0.05) is 18.2 Å². The molecule has 1 aliphatic rings. The maximum atomic E-state index is 13.6. The van der Waals surface area contributed by atoms with Crippen LogP contribution < -0.4 is 10.6 Å². The molecule has 0 saturated carbocycles. The van der Waals surface area contributed by atoms with E-state index in [-0.39, 0.29) is 18.5 Å². The van der Waals surface area contributed by atoms with Gasteiger partial charge in [-0.2, -0.15) is 13.2 Å². The number of halogens is 4. The normalized spacial score (nSPS) is 23.9. The Bertz CT molecular complexity index is 524. The minimum Gasteiger partial charge on any atom is -0.349 e. The van der Waals surface area contributed by atoms with Crippen LogP contribution in [0.3, 0.4) is 0 Å². The summed E-state index contributed by atoms with van der Waals surface area (Å²) in [6.45, 7) is 1.14. The maximum Gasteiger partial charge on any atom is 0.404 e. The second-order valence-corrected chi connectivity index (χ2v) is 5.22. The Hall–Kier alpha value is -1.63. The van der Waals surface area contributed by atoms with Gasteiger partial charge in [-0.3, -0.25) is 4.79 Å². The molecule has 3 nitrogen and oxygen atoms in total. The van der Waals surface area contributed by atoms with Gasteiger partial charge in [-0.15, -0.1) is 0 Å². The molecule has 1 unspecified atom stereocenters. The summed E-state index contributed by atoms with van der Waals surface area (Å²) in [5.74, 6) is -1.67. The third-order valence-electron chi connectivity index (χ3n) is 3.85. The Balaban J connectivity index is 2.19. The van der Waals surface area contributed by atoms with Crippen molar-refractivity contribution in [2.75, 3.05) is 13.1 Å². The first-order valence-corrected chi connectivity index (χ1v) is 6.61. The highest BCUT2D eigenvalue weighted by atomic mass is 19.4. The van der Waals surface area contributed by atoms with Crippen molar-refractivity contribution in [1.82, 2.24) is 10.6 Å². The van der Waals surface area contributed by atoms with Crippen LogP contribution in [-0.4, -0.2) is 25.2 Å². The highest BCUT2D eigenvalue weighted by Gasteiger charge is 2.61. The smallest absolute Gasteiger partial charge is 0.349 e. The van der Waals surface area contributed by atoms with Crippen LogP contribution in [0.5, 0.6) is 0 Å². The van der Waals surface area contributed by atoms with E-state index in [1.165, 1.54) is 25.1 Å². The highest BCUT2D eigenvalue weighted by molar-refractivity contribution is 5.84. The van der Waals surface area contributed by atoms with Crippen molar-refractivity contribution in [3.05, 3.63) is 35.6 Å². The van der Waals surface area contributed by atoms with Crippen molar-refractivity contribution >= 4 is 5.91 Å². The van der Waals surface area contributed by atoms with Crippen molar-refractivity contribution < 1.29 is 22.4 Å². The van der Waals surface area contributed by atoms with E-state index in [0.717, 1.165) is 0 Å². The summed E-state index contributed by atoms with van der Waals surface area (Å²) in [5.41, 5.74) is -2.28. The topological polar surface area (TPSA) is 41.1 Å². The van der Waals surface area contributed by atoms with Gasteiger partial charge < -0.3 is 10.6 Å². The fourth-order valence-corrected chi connectivity index (χ4v) is 2.50. The van der Waals surface area contributed by atoms with E-state index in [4.69, 9.17) is 0 Å². The molecule has 1 heterocycles. The zero-order valence-electron chi connectivity index (χ0n) is 11.4. The lowest BCUT2D eigenvalue weighted by atomic mass is 9.84. The van der Waals surface area contributed by atoms with Crippen molar-refractivity contribution in [3.63, 3.8) is 0 Å². The lowest BCUT2D eigenvalue weighted by molar-refractivity contribution is -0.216. The Kier molecular flexibility index (Phi) is 4.22. The zero-order valence-corrected chi connectivity index (χ0v) is 11.4. The van der Waals surface area contributed by atoms with Crippen molar-refractivity contribution in [2.24, 2.45) is 5.41 Å². The first kappa shape index (κ1) is 15.8. The van der Waals surface area contributed by atoms with Gasteiger partial charge in [-0.05, 0) is 26.0 Å². The fourth-order valence-electron chi connectivity index (χ4n) is 2.50. The number of rotatable bonds is 3. The van der Waals surface area contributed by atoms with E-state index in [9.17, 15) is 22.4 Å². The molecule has 1 aromatic carbocycles. The fraction of sp³-hybridized carbons (Fsp3) is 0.500. The number of alkyl halides is 3. The molecule has 0 aliphatic carbocycles. The van der Waals surface area contributed by atoms with E-state index in [1.807, 2.05) is 0 Å². The van der Waals surface area contributed by atoms with Gasteiger partial charge >= 0.3 is 6.18 Å². The Morgan fingerprint density at radius 3 is 2.57 bits per heavy atom. The number of amides is 1. The first-order valence-electron chi connectivity index (χ1n) is 6.61. The molecule has 21 heavy (non-hydrogen) atoms. The summed E-state index contributed by atoms with van der Waals surface area (Å²) < 4.78 is 53.3. The summed E-state index contributed by atoms with van der Waals surface area (Å²) in [6, 6.07) is 4.85. The Morgan fingerprint density at radius 2 is 2.05 bits per heavy atom. The molecule has 0 aromatic heterocycles. The van der Waals surface area contributed by atoms with Crippen LogP contribution in [-0.2, 0) is 4.79 Å². The maximum absolute atomic E-state index is 13.6. The highest BCUT2D eigenvalue weighted by Crippen LogP contribution is 2.43. The molecule has 1 saturated heterocycles. The molecule has 2 rings (SSSR count). The number of benzene rings is 1. The van der Waals surface area contributed by atoms with E-state index in [1.54, 1.807) is 6.07 Å². The number of hydrogen-bond acceptors (Lipinski definition) is 2. The molecule has 7 heteroatoms. The average Bonchev–Trinajstić information content (AvgIpc) is 2.89. The van der Waals surface area contributed by atoms with Crippen molar-refractivity contribution in [3.8, 4) is 0 Å². The molecule has 2 atom stereocenters. The van der Waals surface area contributed by atoms with Gasteiger partial charge in [0.25, 0.3) is 0 Å². The number of nitrogens with one attached hydrogen (secondary N) is 2. The molecular weight excluding hydrogens is 288 g/mol. The summed E-state index contributed by atoms with van der Waals surface area (Å²) in [7, 11) is 0. The minimum absolute atomic E-state index is 0.126. The Labute approximate surface area is 119 Å². The molecule has 1 amide bonds. The molecule has 1 aliphatic heterocycles. The zero-order chi connectivity index (χ0) is 15.7. The lowest BCUT2D eigenvalue weighted by Gasteiger charge is -2.31. The summed E-state index contributed by atoms with van der Waals surface area (Å²) >= 11 is 0. The predicted molar refractivity (Wildman–Crippen MR) is 68.9 cm³/mol. The van der Waals surface area contributed by atoms with Crippen LogP contribution in [0, 0.1) is 11.2 Å². The summed E-state index contributed by atoms with van der Waals surface area (Å²) in [5, 5.41) is 4.86.